The highest BCUT2D eigenvalue weighted by Crippen LogP contribution is 2.43. The Morgan fingerprint density at radius 1 is 0.250 bits per heavy atom. The summed E-state index contributed by atoms with van der Waals surface area (Å²) >= 11 is 0. The first kappa shape index (κ1) is 26.5. The molecule has 0 amide bonds. The normalized spacial score (nSPS) is 13.2. The van der Waals surface area contributed by atoms with E-state index < -0.39 is 6.04 Å². The smallest absolute Gasteiger partial charge is 0.0622 e. The lowest BCUT2D eigenvalue weighted by molar-refractivity contribution is 1.56. The van der Waals surface area contributed by atoms with Crippen LogP contribution in [-0.4, -0.2) is 0 Å². The van der Waals surface area contributed by atoms with Crippen molar-refractivity contribution in [2.45, 2.75) is 0 Å². The highest BCUT2D eigenvalue weighted by atomic mass is 14.2. The fourth-order valence-electron chi connectivity index (χ4n) is 9.21. The highest BCUT2D eigenvalue weighted by Gasteiger charge is 2.16. The van der Waals surface area contributed by atoms with Gasteiger partial charge in [-0.25, -0.2) is 0 Å². The van der Waals surface area contributed by atoms with E-state index in [0.29, 0.717) is 5.56 Å². The Kier molecular flexibility index (Phi) is 5.73. The van der Waals surface area contributed by atoms with Gasteiger partial charge in [-0.3, -0.25) is 0 Å². The van der Waals surface area contributed by atoms with Crippen molar-refractivity contribution < 1.29 is 6.85 Å². The van der Waals surface area contributed by atoms with Crippen molar-refractivity contribution in [3.8, 4) is 55.6 Å². The van der Waals surface area contributed by atoms with E-state index in [1.807, 2.05) is 12.1 Å². The molecule has 0 aromatic heterocycles. The lowest BCUT2D eigenvalue weighted by atomic mass is 9.88. The minimum absolute atomic E-state index is 0.181. The zero-order valence-electron chi connectivity index (χ0n) is 35.2. The van der Waals surface area contributed by atoms with Crippen LogP contribution in [0.1, 0.15) is 6.85 Å². The first-order chi connectivity index (χ1) is 29.8. The SMILES string of the molecule is [2H]c1c([2H])c([2H])c(-c2cc(-c3cccc(-c4ccc5ccc6cccc7ccc4c5c67)c3)cc(-c3cccc(-c4ccc5ccc6cccc7ccc4c5c67)c3)c2)c([2H])c1[2H]. The predicted octanol–water partition coefficient (Wildman–Crippen LogP) is 15.8. The summed E-state index contributed by atoms with van der Waals surface area (Å²) in [6.07, 6.45) is 0. The molecule has 0 radical (unpaired) electrons. The lowest BCUT2D eigenvalue weighted by Crippen LogP contribution is -1.90. The molecule has 0 heteroatoms. The summed E-state index contributed by atoms with van der Waals surface area (Å²) in [7, 11) is 0. The molecule has 12 aromatic carbocycles. The Morgan fingerprint density at radius 2 is 0.589 bits per heavy atom. The summed E-state index contributed by atoms with van der Waals surface area (Å²) in [4.78, 5) is 0. The van der Waals surface area contributed by atoms with Gasteiger partial charge in [0.15, 0.2) is 0 Å². The van der Waals surface area contributed by atoms with Gasteiger partial charge in [-0.2, -0.15) is 0 Å². The van der Waals surface area contributed by atoms with E-state index in [-0.39, 0.29) is 29.7 Å². The predicted molar refractivity (Wildman–Crippen MR) is 241 cm³/mol. The quantitative estimate of drug-likeness (QED) is 0.156. The van der Waals surface area contributed by atoms with Crippen molar-refractivity contribution in [2.75, 3.05) is 0 Å². The molecule has 0 saturated heterocycles. The van der Waals surface area contributed by atoms with Crippen LogP contribution in [0.3, 0.4) is 0 Å². The van der Waals surface area contributed by atoms with Crippen molar-refractivity contribution in [2.24, 2.45) is 0 Å². The van der Waals surface area contributed by atoms with Crippen LogP contribution in [0.5, 0.6) is 0 Å². The van der Waals surface area contributed by atoms with E-state index >= 15 is 0 Å². The number of rotatable bonds is 5. The van der Waals surface area contributed by atoms with Crippen molar-refractivity contribution in [3.05, 3.63) is 206 Å². The fraction of sp³-hybridized carbons (Fsp3) is 0. The van der Waals surface area contributed by atoms with Crippen LogP contribution in [0, 0.1) is 0 Å². The maximum Gasteiger partial charge on any atom is 0.0629 e. The maximum atomic E-state index is 8.98. The molecule has 0 unspecified atom stereocenters. The van der Waals surface area contributed by atoms with E-state index in [4.69, 9.17) is 6.85 Å². The van der Waals surface area contributed by atoms with E-state index in [2.05, 4.69) is 164 Å². The molecule has 0 spiro atoms. The van der Waals surface area contributed by atoms with Crippen LogP contribution >= 0.6 is 0 Å². The molecular formula is C56H34. The summed E-state index contributed by atoms with van der Waals surface area (Å²) in [5.74, 6) is 0. The van der Waals surface area contributed by atoms with Gasteiger partial charge in [-0.15, -0.1) is 0 Å². The largest absolute Gasteiger partial charge is 0.0629 e. The van der Waals surface area contributed by atoms with E-state index in [9.17, 15) is 0 Å². The maximum absolute atomic E-state index is 8.98. The summed E-state index contributed by atoms with van der Waals surface area (Å²) in [6.45, 7) is 0. The minimum Gasteiger partial charge on any atom is -0.0622 e. The molecular weight excluding hydrogens is 673 g/mol. The van der Waals surface area contributed by atoms with Gasteiger partial charge in [0, 0.05) is 0 Å². The van der Waals surface area contributed by atoms with Crippen molar-refractivity contribution in [1.82, 2.24) is 0 Å². The molecule has 0 saturated carbocycles. The van der Waals surface area contributed by atoms with Crippen molar-refractivity contribution in [1.29, 1.82) is 0 Å². The number of hydrogen-bond acceptors (Lipinski definition) is 0. The Hall–Kier alpha value is -7.28. The number of hydrogen-bond donors (Lipinski definition) is 0. The molecule has 0 atom stereocenters. The second kappa shape index (κ2) is 12.1. The van der Waals surface area contributed by atoms with Gasteiger partial charge < -0.3 is 0 Å². The standard InChI is InChI=1S/C56H34/c1-2-8-35(9-3-1)46-32-47(42-14-6-16-44(30-42)49-26-22-40-20-18-36-10-4-12-38-24-28-51(49)55(40)53(36)38)34-48(33-46)43-15-7-17-45(31-43)50-27-23-41-21-19-37-11-5-13-39-25-29-52(50)56(41)54(37)39/h1-34H/i1D,2D,3D,8D,9D. The number of benzene rings is 12. The molecule has 0 aliphatic carbocycles. The van der Waals surface area contributed by atoms with Crippen LogP contribution in [0.4, 0.5) is 0 Å². The van der Waals surface area contributed by atoms with Gasteiger partial charge in [-0.1, -0.05) is 176 Å². The fourth-order valence-corrected chi connectivity index (χ4v) is 9.21. The summed E-state index contributed by atoms with van der Waals surface area (Å²) in [6, 6.07) is 61.0. The average Bonchev–Trinajstić information content (AvgIpc) is 3.31. The zero-order valence-corrected chi connectivity index (χ0v) is 30.2. The second-order valence-corrected chi connectivity index (χ2v) is 14.9. The van der Waals surface area contributed by atoms with Crippen LogP contribution < -0.4 is 0 Å². The molecule has 0 nitrogen and oxygen atoms in total. The van der Waals surface area contributed by atoms with Crippen LogP contribution in [-0.2, 0) is 0 Å². The average molecular weight is 712 g/mol. The second-order valence-electron chi connectivity index (χ2n) is 14.9. The monoisotopic (exact) mass is 711 g/mol. The molecule has 0 heterocycles. The molecule has 0 aliphatic rings. The summed E-state index contributed by atoms with van der Waals surface area (Å²) < 4.78 is 43.4. The van der Waals surface area contributed by atoms with E-state index in [1.165, 1.54) is 64.6 Å². The van der Waals surface area contributed by atoms with Gasteiger partial charge in [0.25, 0.3) is 0 Å². The van der Waals surface area contributed by atoms with Crippen molar-refractivity contribution in [3.63, 3.8) is 0 Å². The van der Waals surface area contributed by atoms with Gasteiger partial charge in [0.05, 0.1) is 6.85 Å². The molecule has 0 aliphatic heterocycles. The van der Waals surface area contributed by atoms with E-state index in [1.54, 1.807) is 0 Å². The third-order valence-electron chi connectivity index (χ3n) is 11.8. The molecule has 12 rings (SSSR count). The molecule has 0 fully saturated rings. The summed E-state index contributed by atoms with van der Waals surface area (Å²) in [5, 5.41) is 14.8. The molecule has 0 bridgehead atoms. The first-order valence-electron chi connectivity index (χ1n) is 21.6. The topological polar surface area (TPSA) is 0 Å². The van der Waals surface area contributed by atoms with E-state index in [0.717, 1.165) is 44.5 Å². The lowest BCUT2D eigenvalue weighted by Gasteiger charge is -2.16. The Balaban J connectivity index is 1.05. The Bertz CT molecular complexity index is 3500. The van der Waals surface area contributed by atoms with Crippen LogP contribution in [0.25, 0.3) is 120 Å². The van der Waals surface area contributed by atoms with Gasteiger partial charge in [0.2, 0.25) is 0 Å². The van der Waals surface area contributed by atoms with Gasteiger partial charge in [-0.05, 0) is 151 Å². The molecule has 0 N–H and O–H groups in total. The Morgan fingerprint density at radius 3 is 1.05 bits per heavy atom. The van der Waals surface area contributed by atoms with Crippen LogP contribution in [0.2, 0.25) is 0 Å². The highest BCUT2D eigenvalue weighted by molar-refractivity contribution is 6.26. The van der Waals surface area contributed by atoms with Gasteiger partial charge >= 0.3 is 0 Å². The van der Waals surface area contributed by atoms with Crippen LogP contribution in [0.15, 0.2) is 206 Å². The third kappa shape index (κ3) is 4.79. The molecule has 56 heavy (non-hydrogen) atoms. The summed E-state index contributed by atoms with van der Waals surface area (Å²) in [5.41, 5.74) is 8.83. The van der Waals surface area contributed by atoms with Crippen molar-refractivity contribution >= 4 is 64.6 Å². The minimum atomic E-state index is -0.405. The Labute approximate surface area is 332 Å². The first-order valence-corrected chi connectivity index (χ1v) is 19.1. The van der Waals surface area contributed by atoms with Gasteiger partial charge in [0.1, 0.15) is 0 Å². The third-order valence-corrected chi connectivity index (χ3v) is 11.8. The molecule has 258 valence electrons. The molecule has 12 aromatic rings. The zero-order chi connectivity index (χ0) is 41.1.